The Balaban J connectivity index is 1.27. The Bertz CT molecular complexity index is 1410. The number of likely N-dealkylation sites (tertiary alicyclic amines) is 1. The lowest BCUT2D eigenvalue weighted by Gasteiger charge is -2.44. The molecule has 178 valence electrons. The number of rotatable bonds is 7. The Morgan fingerprint density at radius 2 is 1.91 bits per heavy atom. The van der Waals surface area contributed by atoms with Crippen molar-refractivity contribution in [3.63, 3.8) is 0 Å². The van der Waals surface area contributed by atoms with Crippen LogP contribution in [0.25, 0.3) is 20.9 Å². The summed E-state index contributed by atoms with van der Waals surface area (Å²) in [5, 5.41) is 10.3. The highest BCUT2D eigenvalue weighted by molar-refractivity contribution is 7.21. The van der Waals surface area contributed by atoms with Crippen LogP contribution in [0.4, 0.5) is 4.39 Å². The summed E-state index contributed by atoms with van der Waals surface area (Å²) in [5.74, 6) is 0.0957. The molecule has 1 aliphatic carbocycles. The number of aliphatic hydroxyl groups excluding tert-OH is 1. The van der Waals surface area contributed by atoms with Gasteiger partial charge in [0.25, 0.3) is 0 Å². The second kappa shape index (κ2) is 8.54. The fourth-order valence-corrected chi connectivity index (χ4v) is 6.33. The molecule has 1 N–H and O–H groups in total. The van der Waals surface area contributed by atoms with E-state index in [1.165, 1.54) is 16.9 Å². The minimum Gasteiger partial charge on any atom is -0.513 e. The van der Waals surface area contributed by atoms with E-state index in [1.54, 1.807) is 6.07 Å². The van der Waals surface area contributed by atoms with E-state index >= 15 is 4.39 Å². The molecule has 1 saturated heterocycles. The summed E-state index contributed by atoms with van der Waals surface area (Å²) in [7, 11) is 0. The van der Waals surface area contributed by atoms with Gasteiger partial charge in [-0.1, -0.05) is 61.2 Å². The minimum absolute atomic E-state index is 0.0000780. The van der Waals surface area contributed by atoms with Crippen molar-refractivity contribution in [1.82, 2.24) is 14.9 Å². The second-order valence-electron chi connectivity index (χ2n) is 9.79. The Hall–Kier alpha value is -3.09. The zero-order valence-electron chi connectivity index (χ0n) is 19.7. The maximum atomic E-state index is 15.3. The van der Waals surface area contributed by atoms with E-state index in [0.29, 0.717) is 10.6 Å². The van der Waals surface area contributed by atoms with Crippen LogP contribution in [0.5, 0.6) is 0 Å². The maximum absolute atomic E-state index is 15.3. The van der Waals surface area contributed by atoms with E-state index in [2.05, 4.69) is 48.7 Å². The zero-order chi connectivity index (χ0) is 24.2. The van der Waals surface area contributed by atoms with E-state index in [0.717, 1.165) is 54.0 Å². The second-order valence-corrected chi connectivity index (χ2v) is 10.8. The van der Waals surface area contributed by atoms with Crippen LogP contribution in [-0.4, -0.2) is 33.1 Å². The Kier molecular flexibility index (Phi) is 5.46. The van der Waals surface area contributed by atoms with Crippen molar-refractivity contribution >= 4 is 21.7 Å². The van der Waals surface area contributed by atoms with Gasteiger partial charge in [0, 0.05) is 36.0 Å². The Labute approximate surface area is 208 Å². The van der Waals surface area contributed by atoms with Gasteiger partial charge in [0.05, 0.1) is 11.5 Å². The molecule has 4 nitrogen and oxygen atoms in total. The third-order valence-corrected chi connectivity index (χ3v) is 8.64. The minimum atomic E-state index is -0.258. The van der Waals surface area contributed by atoms with Crippen molar-refractivity contribution < 1.29 is 9.50 Å². The monoisotopic (exact) mass is 485 g/mol. The summed E-state index contributed by atoms with van der Waals surface area (Å²) in [5.41, 5.74) is 4.66. The van der Waals surface area contributed by atoms with Crippen LogP contribution in [0.2, 0.25) is 0 Å². The van der Waals surface area contributed by atoms with Crippen LogP contribution in [0.15, 0.2) is 73.0 Å². The standard InChI is InChI=1S/C29H28FN3OS/c1-3-25(33-16-20(17-33)18(2)34)19-9-10-22(23(30)15-19)27-31-24-11-12-26(32-28(24)35-27)29(13-14-29)21-7-5-4-6-8-21/h4-12,15,20,25,34H,2-3,13-14,16-17H2,1H3/t25-/m0/s1. The number of benzene rings is 2. The van der Waals surface area contributed by atoms with Gasteiger partial charge < -0.3 is 5.11 Å². The first-order valence-electron chi connectivity index (χ1n) is 12.2. The van der Waals surface area contributed by atoms with Crippen LogP contribution in [0.1, 0.15) is 49.0 Å². The molecule has 0 radical (unpaired) electrons. The zero-order valence-corrected chi connectivity index (χ0v) is 20.6. The van der Waals surface area contributed by atoms with Crippen molar-refractivity contribution in [2.24, 2.45) is 5.92 Å². The van der Waals surface area contributed by atoms with Crippen molar-refractivity contribution in [2.75, 3.05) is 13.1 Å². The molecule has 1 aliphatic heterocycles. The van der Waals surface area contributed by atoms with Crippen molar-refractivity contribution in [1.29, 1.82) is 0 Å². The van der Waals surface area contributed by atoms with E-state index in [-0.39, 0.29) is 29.0 Å². The van der Waals surface area contributed by atoms with Gasteiger partial charge in [0.15, 0.2) is 0 Å². The predicted molar refractivity (Wildman–Crippen MR) is 139 cm³/mol. The summed E-state index contributed by atoms with van der Waals surface area (Å²) < 4.78 is 15.3. The lowest BCUT2D eigenvalue weighted by Crippen LogP contribution is -2.48. The highest BCUT2D eigenvalue weighted by atomic mass is 32.1. The fraction of sp³-hybridized carbons (Fsp3) is 0.310. The number of hydrogen-bond acceptors (Lipinski definition) is 5. The number of aromatic nitrogens is 2. The molecule has 6 rings (SSSR count). The summed E-state index contributed by atoms with van der Waals surface area (Å²) >= 11 is 1.45. The predicted octanol–water partition coefficient (Wildman–Crippen LogP) is 7.03. The average molecular weight is 486 g/mol. The molecule has 0 bridgehead atoms. The van der Waals surface area contributed by atoms with E-state index in [1.807, 2.05) is 24.3 Å². The molecule has 2 fully saturated rings. The largest absolute Gasteiger partial charge is 0.513 e. The number of aliphatic hydroxyl groups is 1. The molecule has 1 atom stereocenters. The summed E-state index contributed by atoms with van der Waals surface area (Å²) in [4.78, 5) is 12.8. The third kappa shape index (κ3) is 3.85. The summed E-state index contributed by atoms with van der Waals surface area (Å²) in [6.07, 6.45) is 3.07. The highest BCUT2D eigenvalue weighted by Crippen LogP contribution is 2.53. The van der Waals surface area contributed by atoms with Gasteiger partial charge in [-0.15, -0.1) is 0 Å². The molecule has 0 unspecified atom stereocenters. The van der Waals surface area contributed by atoms with Crippen molar-refractivity contribution in [3.05, 3.63) is 95.6 Å². The summed E-state index contributed by atoms with van der Waals surface area (Å²) in [6, 6.07) is 20.3. The van der Waals surface area contributed by atoms with Crippen LogP contribution in [0, 0.1) is 11.7 Å². The van der Waals surface area contributed by atoms with Crippen molar-refractivity contribution in [3.8, 4) is 10.6 Å². The number of fused-ring (bicyclic) bond motifs is 1. The Morgan fingerprint density at radius 1 is 1.14 bits per heavy atom. The van der Waals surface area contributed by atoms with Crippen LogP contribution in [-0.2, 0) is 5.41 Å². The quantitative estimate of drug-likeness (QED) is 0.286. The lowest BCUT2D eigenvalue weighted by atomic mass is 9.91. The van der Waals surface area contributed by atoms with E-state index < -0.39 is 0 Å². The van der Waals surface area contributed by atoms with Gasteiger partial charge >= 0.3 is 0 Å². The molecule has 6 heteroatoms. The molecular weight excluding hydrogens is 457 g/mol. The molecule has 2 aromatic carbocycles. The molecule has 3 heterocycles. The molecule has 1 saturated carbocycles. The van der Waals surface area contributed by atoms with Gasteiger partial charge in [-0.05, 0) is 54.7 Å². The SMILES string of the molecule is C=C(O)C1CN([C@@H](CC)c2ccc(-c3nc4ccc(C5(c6ccccc6)CC5)nc4s3)c(F)c2)C1. The molecule has 2 aromatic heterocycles. The molecular formula is C29H28FN3OS. The van der Waals surface area contributed by atoms with Gasteiger partial charge in [-0.3, -0.25) is 4.90 Å². The van der Waals surface area contributed by atoms with Gasteiger partial charge in [0.2, 0.25) is 0 Å². The van der Waals surface area contributed by atoms with Crippen molar-refractivity contribution in [2.45, 2.75) is 37.6 Å². The molecule has 0 spiro atoms. The smallest absolute Gasteiger partial charge is 0.144 e. The number of nitrogens with zero attached hydrogens (tertiary/aromatic N) is 3. The van der Waals surface area contributed by atoms with E-state index in [9.17, 15) is 5.11 Å². The third-order valence-electron chi connectivity index (χ3n) is 7.64. The first-order valence-corrected chi connectivity index (χ1v) is 13.1. The maximum Gasteiger partial charge on any atom is 0.144 e. The molecule has 4 aromatic rings. The first-order chi connectivity index (χ1) is 17.0. The van der Waals surface area contributed by atoms with Gasteiger partial charge in [-0.2, -0.15) is 0 Å². The van der Waals surface area contributed by atoms with E-state index in [4.69, 9.17) is 9.97 Å². The lowest BCUT2D eigenvalue weighted by molar-refractivity contribution is 0.0473. The number of pyridine rings is 1. The highest BCUT2D eigenvalue weighted by Gasteiger charge is 2.47. The van der Waals surface area contributed by atoms with Crippen LogP contribution < -0.4 is 0 Å². The Morgan fingerprint density at radius 3 is 2.57 bits per heavy atom. The molecule has 0 amide bonds. The first kappa shape index (κ1) is 22.4. The number of hydrogen-bond donors (Lipinski definition) is 1. The average Bonchev–Trinajstić information content (AvgIpc) is 3.54. The topological polar surface area (TPSA) is 49.2 Å². The van der Waals surface area contributed by atoms with Gasteiger partial charge in [-0.25, -0.2) is 14.4 Å². The van der Waals surface area contributed by atoms with Crippen LogP contribution in [0.3, 0.4) is 0 Å². The van der Waals surface area contributed by atoms with Crippen LogP contribution >= 0.6 is 11.3 Å². The van der Waals surface area contributed by atoms with Gasteiger partial charge in [0.1, 0.15) is 21.2 Å². The number of halogens is 1. The molecule has 2 aliphatic rings. The normalized spacial score (nSPS) is 18.3. The number of thiazole rings is 1. The fourth-order valence-electron chi connectivity index (χ4n) is 5.37. The summed E-state index contributed by atoms with van der Waals surface area (Å²) in [6.45, 7) is 7.26. The molecule has 35 heavy (non-hydrogen) atoms.